The van der Waals surface area contributed by atoms with E-state index in [2.05, 4.69) is 4.98 Å². The molecule has 1 saturated heterocycles. The van der Waals surface area contributed by atoms with Gasteiger partial charge in [-0.15, -0.1) is 11.3 Å². The number of thiazole rings is 1. The Morgan fingerprint density at radius 3 is 2.89 bits per heavy atom. The Bertz CT molecular complexity index is 1270. The number of aromatic nitrogens is 1. The van der Waals surface area contributed by atoms with Crippen molar-refractivity contribution < 1.29 is 34.1 Å². The Morgan fingerprint density at radius 2 is 2.14 bits per heavy atom. The second-order valence-electron chi connectivity index (χ2n) is 8.44. The zero-order valence-corrected chi connectivity index (χ0v) is 20.4. The minimum Gasteiger partial charge on any atom is -0.417 e. The predicted octanol–water partition coefficient (Wildman–Crippen LogP) is 2.82. The maximum absolute atomic E-state index is 13.4. The number of aliphatic hydroxyl groups excluding tert-OH is 2. The number of esters is 2. The van der Waals surface area contributed by atoms with Gasteiger partial charge in [-0.2, -0.15) is 0 Å². The molecule has 182 valence electrons. The number of cyclic esters (lactones) is 1. The Morgan fingerprint density at radius 1 is 1.37 bits per heavy atom. The zero-order valence-electron chi connectivity index (χ0n) is 18.8. The molecule has 0 radical (unpaired) electrons. The molecule has 3 aliphatic rings. The number of nitrogens with zero attached hydrogens (tertiary/aromatic N) is 2. The quantitative estimate of drug-likeness (QED) is 0.424. The van der Waals surface area contributed by atoms with Crippen molar-refractivity contribution in [3.8, 4) is 0 Å². The van der Waals surface area contributed by atoms with E-state index in [1.54, 1.807) is 48.2 Å². The summed E-state index contributed by atoms with van der Waals surface area (Å²) in [4.78, 5) is 45.3. The molecule has 2 aromatic rings. The first-order valence-corrected chi connectivity index (χ1v) is 12.7. The molecule has 35 heavy (non-hydrogen) atoms. The summed E-state index contributed by atoms with van der Waals surface area (Å²) in [6.07, 6.45) is -0.284. The van der Waals surface area contributed by atoms with Gasteiger partial charge in [0.25, 0.3) is 6.29 Å². The molecule has 11 heteroatoms. The maximum atomic E-state index is 13.4. The number of aliphatic hydroxyl groups is 2. The summed E-state index contributed by atoms with van der Waals surface area (Å²) in [6.45, 7) is 3.27. The van der Waals surface area contributed by atoms with Crippen LogP contribution in [-0.4, -0.2) is 50.1 Å². The largest absolute Gasteiger partial charge is 0.417 e. The lowest BCUT2D eigenvalue weighted by molar-refractivity contribution is -0.173. The molecule has 0 bridgehead atoms. The Kier molecular flexibility index (Phi) is 6.26. The normalized spacial score (nSPS) is 26.0. The van der Waals surface area contributed by atoms with E-state index in [4.69, 9.17) is 9.47 Å². The number of thioether (sulfide) groups is 1. The van der Waals surface area contributed by atoms with Crippen LogP contribution in [0.5, 0.6) is 0 Å². The number of hydrogen-bond acceptors (Lipinski definition) is 10. The van der Waals surface area contributed by atoms with E-state index >= 15 is 0 Å². The van der Waals surface area contributed by atoms with Gasteiger partial charge < -0.3 is 24.6 Å². The van der Waals surface area contributed by atoms with Gasteiger partial charge in [0.15, 0.2) is 0 Å². The number of amides is 1. The molecular weight excluding hydrogens is 492 g/mol. The number of fused-ring (bicyclic) bond motifs is 2. The van der Waals surface area contributed by atoms with Crippen LogP contribution in [0.4, 0.5) is 0 Å². The van der Waals surface area contributed by atoms with Crippen molar-refractivity contribution in [1.82, 2.24) is 9.88 Å². The van der Waals surface area contributed by atoms with Crippen LogP contribution in [0.25, 0.3) is 6.08 Å². The molecule has 1 fully saturated rings. The van der Waals surface area contributed by atoms with Gasteiger partial charge in [-0.1, -0.05) is 36.9 Å². The fourth-order valence-electron chi connectivity index (χ4n) is 4.72. The summed E-state index contributed by atoms with van der Waals surface area (Å²) in [5.41, 5.74) is 3.05. The number of rotatable bonds is 7. The highest BCUT2D eigenvalue weighted by Gasteiger charge is 2.60. The summed E-state index contributed by atoms with van der Waals surface area (Å²) in [5.74, 6) is -2.57. The molecule has 9 nitrogen and oxygen atoms in total. The summed E-state index contributed by atoms with van der Waals surface area (Å²) >= 11 is 2.64. The molecule has 5 rings (SSSR count). The lowest BCUT2D eigenvalue weighted by Gasteiger charge is -2.46. The second kappa shape index (κ2) is 9.23. The van der Waals surface area contributed by atoms with Crippen LogP contribution in [-0.2, 0) is 25.7 Å². The minimum absolute atomic E-state index is 0.0890. The highest BCUT2D eigenvalue weighted by Crippen LogP contribution is 2.51. The third kappa shape index (κ3) is 3.88. The van der Waals surface area contributed by atoms with Gasteiger partial charge in [-0.05, 0) is 24.5 Å². The number of carbonyl (C=O) groups is 3. The molecule has 0 saturated carbocycles. The Hall–Kier alpha value is -2.99. The van der Waals surface area contributed by atoms with Gasteiger partial charge in [-0.25, -0.2) is 14.6 Å². The molecule has 1 aromatic carbocycles. The van der Waals surface area contributed by atoms with Gasteiger partial charge in [0, 0.05) is 16.4 Å². The number of hydrogen-bond donors (Lipinski definition) is 2. The summed E-state index contributed by atoms with van der Waals surface area (Å²) < 4.78 is 10.8. The molecule has 0 aliphatic carbocycles. The van der Waals surface area contributed by atoms with E-state index in [9.17, 15) is 24.6 Å². The highest BCUT2D eigenvalue weighted by molar-refractivity contribution is 8.06. The first-order valence-electron chi connectivity index (χ1n) is 11.0. The van der Waals surface area contributed by atoms with Crippen molar-refractivity contribution in [2.45, 2.75) is 38.9 Å². The molecule has 1 unspecified atom stereocenters. The van der Waals surface area contributed by atoms with E-state index in [0.29, 0.717) is 21.7 Å². The van der Waals surface area contributed by atoms with E-state index in [0.717, 1.165) is 4.88 Å². The molecule has 3 aliphatic heterocycles. The van der Waals surface area contributed by atoms with Crippen LogP contribution in [0.1, 0.15) is 46.6 Å². The van der Waals surface area contributed by atoms with Crippen LogP contribution in [0, 0.1) is 11.8 Å². The first kappa shape index (κ1) is 23.7. The average Bonchev–Trinajstić information content (AvgIpc) is 3.48. The summed E-state index contributed by atoms with van der Waals surface area (Å²) in [5, 5.41) is 21.3. The van der Waals surface area contributed by atoms with Gasteiger partial charge in [-0.3, -0.25) is 4.79 Å². The average molecular weight is 515 g/mol. The van der Waals surface area contributed by atoms with E-state index in [-0.39, 0.29) is 30.2 Å². The van der Waals surface area contributed by atoms with Gasteiger partial charge in [0.2, 0.25) is 5.91 Å². The Labute approximate surface area is 209 Å². The van der Waals surface area contributed by atoms with Gasteiger partial charge in [0.05, 0.1) is 46.3 Å². The summed E-state index contributed by atoms with van der Waals surface area (Å²) in [7, 11) is 0. The zero-order chi connectivity index (χ0) is 24.9. The van der Waals surface area contributed by atoms with Crippen molar-refractivity contribution in [1.29, 1.82) is 0 Å². The SMILES string of the molecule is C[C@@H](O)[C@H]1C(=O)N2C(C(=O)OC3OC(=O)c4ccccc43)=C(SC=Cc3scnc3CO)[C@H](C)[C@H]12. The lowest BCUT2D eigenvalue weighted by atomic mass is 9.79. The molecule has 4 heterocycles. The van der Waals surface area contributed by atoms with Crippen molar-refractivity contribution in [2.24, 2.45) is 11.8 Å². The third-order valence-corrected chi connectivity index (χ3v) is 8.33. The molecule has 0 spiro atoms. The van der Waals surface area contributed by atoms with E-state index in [1.807, 2.05) is 6.92 Å². The monoisotopic (exact) mass is 514 g/mol. The van der Waals surface area contributed by atoms with Crippen molar-refractivity contribution in [3.63, 3.8) is 0 Å². The Balaban J connectivity index is 1.44. The fourth-order valence-corrected chi connectivity index (χ4v) is 6.50. The van der Waals surface area contributed by atoms with E-state index < -0.39 is 30.3 Å². The van der Waals surface area contributed by atoms with Crippen LogP contribution in [0.15, 0.2) is 45.8 Å². The standard InChI is InChI=1S/C24H22N2O7S2/c1-11-18-17(12(2)28)21(29)26(18)19(20(11)34-8-7-16-15(9-27)25-10-35-16)23(31)33-24-14-6-4-3-5-13(14)22(30)32-24/h3-8,10-12,17-18,24,27-28H,9H2,1-2H3/t11-,12-,17-,18-,24?/m1/s1. The molecule has 5 atom stereocenters. The van der Waals surface area contributed by atoms with Crippen LogP contribution >= 0.6 is 23.1 Å². The van der Waals surface area contributed by atoms with Crippen LogP contribution in [0.2, 0.25) is 0 Å². The molecule has 1 aromatic heterocycles. The van der Waals surface area contributed by atoms with Crippen LogP contribution < -0.4 is 0 Å². The summed E-state index contributed by atoms with van der Waals surface area (Å²) in [6, 6.07) is 6.27. The van der Waals surface area contributed by atoms with Crippen molar-refractivity contribution in [2.75, 3.05) is 0 Å². The topological polar surface area (TPSA) is 126 Å². The molecule has 1 amide bonds. The smallest absolute Gasteiger partial charge is 0.359 e. The number of benzene rings is 1. The lowest BCUT2D eigenvalue weighted by Crippen LogP contribution is -2.63. The second-order valence-corrected chi connectivity index (χ2v) is 10.3. The predicted molar refractivity (Wildman–Crippen MR) is 127 cm³/mol. The number of carbonyl (C=O) groups excluding carboxylic acids is 3. The molecular formula is C24H22N2O7S2. The van der Waals surface area contributed by atoms with Crippen molar-refractivity contribution in [3.05, 3.63) is 67.5 Å². The first-order chi connectivity index (χ1) is 16.8. The minimum atomic E-state index is -1.21. The number of ether oxygens (including phenoxy) is 2. The third-order valence-electron chi connectivity index (χ3n) is 6.40. The molecule has 2 N–H and O–H groups in total. The fraction of sp³-hybridized carbons (Fsp3) is 0.333. The number of β-lactam (4-membered cyclic amide) rings is 1. The van der Waals surface area contributed by atoms with Crippen molar-refractivity contribution >= 4 is 47.0 Å². The highest BCUT2D eigenvalue weighted by atomic mass is 32.2. The van der Waals surface area contributed by atoms with E-state index in [1.165, 1.54) is 28.0 Å². The maximum Gasteiger partial charge on any atom is 0.359 e. The van der Waals surface area contributed by atoms with Crippen LogP contribution in [0.3, 0.4) is 0 Å². The van der Waals surface area contributed by atoms with Gasteiger partial charge in [0.1, 0.15) is 5.70 Å². The van der Waals surface area contributed by atoms with Gasteiger partial charge >= 0.3 is 11.9 Å².